The Kier molecular flexibility index (Phi) is 5.21. The van der Waals surface area contributed by atoms with Crippen LogP contribution in [0, 0.1) is 5.92 Å². The Bertz CT molecular complexity index is 815. The van der Waals surface area contributed by atoms with Crippen LogP contribution in [0.4, 0.5) is 0 Å². The summed E-state index contributed by atoms with van der Waals surface area (Å²) in [4.78, 5) is 12.0. The molecule has 0 aliphatic carbocycles. The minimum absolute atomic E-state index is 0.217. The number of rotatable bonds is 6. The Morgan fingerprint density at radius 2 is 2.12 bits per heavy atom. The van der Waals surface area contributed by atoms with E-state index in [1.165, 1.54) is 11.3 Å². The Morgan fingerprint density at radius 3 is 2.75 bits per heavy atom. The maximum atomic E-state index is 12.1. The minimum Gasteiger partial charge on any atom is -0.246 e. The van der Waals surface area contributed by atoms with Gasteiger partial charge in [0.25, 0.3) is 0 Å². The van der Waals surface area contributed by atoms with Crippen LogP contribution in [-0.4, -0.2) is 46.3 Å². The fourth-order valence-corrected chi connectivity index (χ4v) is 5.42. The molecule has 1 aliphatic rings. The summed E-state index contributed by atoms with van der Waals surface area (Å²) in [7, 11) is -3.11. The highest BCUT2D eigenvalue weighted by Crippen LogP contribution is 2.24. The van der Waals surface area contributed by atoms with Crippen LogP contribution in [0.15, 0.2) is 22.3 Å². The molecule has 2 aromatic rings. The minimum atomic E-state index is -3.11. The molecule has 0 aromatic carbocycles. The SMILES string of the molecule is CCCS(=O)(=O)N1CCC(Cc2n[nH]c(=O)n2-c2cccs2)CC1. The molecule has 0 amide bonds. The fraction of sp³-hybridized carbons (Fsp3) is 0.600. The van der Waals surface area contributed by atoms with Gasteiger partial charge in [-0.3, -0.25) is 0 Å². The molecular weight excluding hydrogens is 348 g/mol. The van der Waals surface area contributed by atoms with Crippen molar-refractivity contribution in [3.8, 4) is 5.00 Å². The van der Waals surface area contributed by atoms with Gasteiger partial charge in [0.15, 0.2) is 0 Å². The molecule has 24 heavy (non-hydrogen) atoms. The Labute approximate surface area is 145 Å². The standard InChI is InChI=1S/C15H22N4O3S2/c1-2-10-24(21,22)18-7-5-12(6-8-18)11-13-16-17-15(20)19(13)14-4-3-9-23-14/h3-4,9,12H,2,5-8,10-11H2,1H3,(H,17,20). The van der Waals surface area contributed by atoms with Gasteiger partial charge in [0.2, 0.25) is 10.0 Å². The molecular formula is C15H22N4O3S2. The van der Waals surface area contributed by atoms with Crippen molar-refractivity contribution in [3.05, 3.63) is 33.8 Å². The van der Waals surface area contributed by atoms with E-state index in [9.17, 15) is 13.2 Å². The second-order valence-electron chi connectivity index (χ2n) is 6.09. The second kappa shape index (κ2) is 7.20. The van der Waals surface area contributed by atoms with E-state index in [1.807, 2.05) is 24.4 Å². The van der Waals surface area contributed by atoms with Crippen molar-refractivity contribution >= 4 is 21.4 Å². The number of aromatic nitrogens is 3. The molecule has 7 nitrogen and oxygen atoms in total. The molecule has 0 bridgehead atoms. The molecule has 2 aromatic heterocycles. The van der Waals surface area contributed by atoms with Crippen molar-refractivity contribution in [2.75, 3.05) is 18.8 Å². The van der Waals surface area contributed by atoms with Crippen LogP contribution in [0.3, 0.4) is 0 Å². The zero-order valence-corrected chi connectivity index (χ0v) is 15.3. The van der Waals surface area contributed by atoms with Crippen LogP contribution in [0.2, 0.25) is 0 Å². The van der Waals surface area contributed by atoms with Gasteiger partial charge in [0.05, 0.1) is 5.75 Å². The van der Waals surface area contributed by atoms with E-state index in [0.29, 0.717) is 31.8 Å². The first-order valence-corrected chi connectivity index (χ1v) is 10.7. The maximum Gasteiger partial charge on any atom is 0.348 e. The number of nitrogens with zero attached hydrogens (tertiary/aromatic N) is 3. The van der Waals surface area contributed by atoms with E-state index in [4.69, 9.17) is 0 Å². The summed E-state index contributed by atoms with van der Waals surface area (Å²) in [6.45, 7) is 2.99. The number of hydrogen-bond acceptors (Lipinski definition) is 5. The van der Waals surface area contributed by atoms with E-state index in [-0.39, 0.29) is 11.4 Å². The van der Waals surface area contributed by atoms with Crippen LogP contribution in [0.25, 0.3) is 5.00 Å². The third-order valence-electron chi connectivity index (χ3n) is 4.37. The topological polar surface area (TPSA) is 88.1 Å². The van der Waals surface area contributed by atoms with Crippen LogP contribution in [-0.2, 0) is 16.4 Å². The van der Waals surface area contributed by atoms with E-state index in [1.54, 1.807) is 8.87 Å². The lowest BCUT2D eigenvalue weighted by atomic mass is 9.94. The Hall–Kier alpha value is -1.45. The highest BCUT2D eigenvalue weighted by molar-refractivity contribution is 7.89. The number of hydrogen-bond donors (Lipinski definition) is 1. The van der Waals surface area contributed by atoms with Crippen molar-refractivity contribution in [2.24, 2.45) is 5.92 Å². The molecule has 0 radical (unpaired) electrons. The number of nitrogens with one attached hydrogen (secondary N) is 1. The average Bonchev–Trinajstić information content (AvgIpc) is 3.18. The zero-order valence-electron chi connectivity index (χ0n) is 13.6. The quantitative estimate of drug-likeness (QED) is 0.837. The molecule has 0 atom stereocenters. The normalized spacial score (nSPS) is 17.4. The summed E-state index contributed by atoms with van der Waals surface area (Å²) in [6.07, 6.45) is 2.92. The molecule has 0 unspecified atom stereocenters. The second-order valence-corrected chi connectivity index (χ2v) is 9.11. The van der Waals surface area contributed by atoms with Gasteiger partial charge in [-0.2, -0.15) is 5.10 Å². The van der Waals surface area contributed by atoms with Gasteiger partial charge in [0.1, 0.15) is 10.8 Å². The highest BCUT2D eigenvalue weighted by Gasteiger charge is 2.28. The summed E-state index contributed by atoms with van der Waals surface area (Å²) in [6, 6.07) is 3.80. The number of piperidine rings is 1. The monoisotopic (exact) mass is 370 g/mol. The predicted octanol–water partition coefficient (Wildman–Crippen LogP) is 1.62. The number of sulfonamides is 1. The third kappa shape index (κ3) is 3.62. The van der Waals surface area contributed by atoms with Crippen molar-refractivity contribution in [2.45, 2.75) is 32.6 Å². The zero-order chi connectivity index (χ0) is 17.2. The molecule has 1 saturated heterocycles. The first-order valence-electron chi connectivity index (χ1n) is 8.19. The summed E-state index contributed by atoms with van der Waals surface area (Å²) in [5.41, 5.74) is -0.226. The Balaban J connectivity index is 1.67. The molecule has 132 valence electrons. The first-order chi connectivity index (χ1) is 11.5. The van der Waals surface area contributed by atoms with Gasteiger partial charge in [0, 0.05) is 19.5 Å². The molecule has 9 heteroatoms. The lowest BCUT2D eigenvalue weighted by Gasteiger charge is -2.30. The third-order valence-corrected chi connectivity index (χ3v) is 7.30. The Morgan fingerprint density at radius 1 is 1.38 bits per heavy atom. The molecule has 1 fully saturated rings. The molecule has 3 rings (SSSR count). The van der Waals surface area contributed by atoms with E-state index in [2.05, 4.69) is 10.2 Å². The summed E-state index contributed by atoms with van der Waals surface area (Å²) in [5.74, 6) is 1.28. The number of thiophene rings is 1. The maximum absolute atomic E-state index is 12.1. The highest BCUT2D eigenvalue weighted by atomic mass is 32.2. The van der Waals surface area contributed by atoms with E-state index in [0.717, 1.165) is 23.7 Å². The average molecular weight is 371 g/mol. The van der Waals surface area contributed by atoms with E-state index >= 15 is 0 Å². The van der Waals surface area contributed by atoms with Gasteiger partial charge >= 0.3 is 5.69 Å². The van der Waals surface area contributed by atoms with Gasteiger partial charge < -0.3 is 0 Å². The number of aromatic amines is 1. The lowest BCUT2D eigenvalue weighted by molar-refractivity contribution is 0.270. The first kappa shape index (κ1) is 17.4. The number of H-pyrrole nitrogens is 1. The van der Waals surface area contributed by atoms with Crippen LogP contribution < -0.4 is 5.69 Å². The van der Waals surface area contributed by atoms with Crippen LogP contribution >= 0.6 is 11.3 Å². The van der Waals surface area contributed by atoms with Crippen molar-refractivity contribution < 1.29 is 8.42 Å². The van der Waals surface area contributed by atoms with Crippen molar-refractivity contribution in [1.82, 2.24) is 19.1 Å². The lowest BCUT2D eigenvalue weighted by Crippen LogP contribution is -2.40. The molecule has 1 aliphatic heterocycles. The van der Waals surface area contributed by atoms with Crippen molar-refractivity contribution in [3.63, 3.8) is 0 Å². The largest absolute Gasteiger partial charge is 0.348 e. The smallest absolute Gasteiger partial charge is 0.246 e. The molecule has 0 spiro atoms. The summed E-state index contributed by atoms with van der Waals surface area (Å²) < 4.78 is 27.5. The van der Waals surface area contributed by atoms with Gasteiger partial charge in [-0.05, 0) is 42.7 Å². The molecule has 0 saturated carbocycles. The van der Waals surface area contributed by atoms with Gasteiger partial charge in [-0.15, -0.1) is 11.3 Å². The van der Waals surface area contributed by atoms with Crippen molar-refractivity contribution in [1.29, 1.82) is 0 Å². The van der Waals surface area contributed by atoms with Crippen LogP contribution in [0.1, 0.15) is 32.0 Å². The predicted molar refractivity (Wildman–Crippen MR) is 94.1 cm³/mol. The van der Waals surface area contributed by atoms with E-state index < -0.39 is 10.0 Å². The summed E-state index contributed by atoms with van der Waals surface area (Å²) >= 11 is 1.50. The molecule has 3 heterocycles. The van der Waals surface area contributed by atoms with Gasteiger partial charge in [-0.25, -0.2) is 27.2 Å². The fourth-order valence-electron chi connectivity index (χ4n) is 3.13. The van der Waals surface area contributed by atoms with Gasteiger partial charge in [-0.1, -0.05) is 6.92 Å². The van der Waals surface area contributed by atoms with Crippen LogP contribution in [0.5, 0.6) is 0 Å². The molecule has 1 N–H and O–H groups in total. The summed E-state index contributed by atoms with van der Waals surface area (Å²) in [5, 5.41) is 9.47.